The number of nitrogens with one attached hydrogen (secondary N) is 1. The number of carbonyl (C=O) groups excluding carboxylic acids is 3. The molecule has 1 unspecified atom stereocenters. The maximum Gasteiger partial charge on any atom is 0.266 e. The summed E-state index contributed by atoms with van der Waals surface area (Å²) >= 11 is 0. The summed E-state index contributed by atoms with van der Waals surface area (Å²) in [5.74, 6) is -1.08. The maximum absolute atomic E-state index is 12.9. The van der Waals surface area contributed by atoms with E-state index >= 15 is 0 Å². The Hall–Kier alpha value is -3.73. The van der Waals surface area contributed by atoms with Crippen molar-refractivity contribution >= 4 is 23.4 Å². The number of hydrogen-bond acceptors (Lipinski definition) is 3. The highest BCUT2D eigenvalue weighted by molar-refractivity contribution is 6.34. The third-order valence-electron chi connectivity index (χ3n) is 5.06. The van der Waals surface area contributed by atoms with Gasteiger partial charge in [-0.2, -0.15) is 0 Å². The van der Waals surface area contributed by atoms with E-state index in [-0.39, 0.29) is 23.4 Å². The molecule has 3 aromatic carbocycles. The van der Waals surface area contributed by atoms with Crippen LogP contribution in [0.4, 0.5) is 5.69 Å². The van der Waals surface area contributed by atoms with Gasteiger partial charge in [-0.3, -0.25) is 14.4 Å². The predicted octanol–water partition coefficient (Wildman–Crippen LogP) is 4.29. The summed E-state index contributed by atoms with van der Waals surface area (Å²) in [4.78, 5) is 39.5. The minimum absolute atomic E-state index is 0.182. The number of imide groups is 1. The number of nitrogens with zero attached hydrogens (tertiary/aromatic N) is 1. The molecule has 4 rings (SSSR count). The lowest BCUT2D eigenvalue weighted by Crippen LogP contribution is -2.29. The third-order valence-corrected chi connectivity index (χ3v) is 5.06. The third kappa shape index (κ3) is 3.43. The van der Waals surface area contributed by atoms with Crippen molar-refractivity contribution in [1.29, 1.82) is 0 Å². The van der Waals surface area contributed by atoms with Gasteiger partial charge in [-0.15, -0.1) is 0 Å². The molecule has 0 spiro atoms. The summed E-state index contributed by atoms with van der Waals surface area (Å²) in [6.07, 6.45) is 0. The monoisotopic (exact) mass is 384 g/mol. The molecule has 3 aromatic rings. The van der Waals surface area contributed by atoms with E-state index in [2.05, 4.69) is 5.32 Å². The minimum atomic E-state index is -0.415. The van der Waals surface area contributed by atoms with Crippen LogP contribution in [0.5, 0.6) is 0 Å². The van der Waals surface area contributed by atoms with Gasteiger partial charge in [0.1, 0.15) is 0 Å². The number of amides is 3. The summed E-state index contributed by atoms with van der Waals surface area (Å²) in [5.41, 5.74) is 3.37. The molecule has 0 aromatic heterocycles. The molecule has 144 valence electrons. The summed E-state index contributed by atoms with van der Waals surface area (Å²) < 4.78 is 0. The van der Waals surface area contributed by atoms with Crippen molar-refractivity contribution in [1.82, 2.24) is 5.32 Å². The maximum atomic E-state index is 12.9. The van der Waals surface area contributed by atoms with Crippen molar-refractivity contribution in [3.63, 3.8) is 0 Å². The van der Waals surface area contributed by atoms with Crippen LogP contribution in [0.3, 0.4) is 0 Å². The van der Waals surface area contributed by atoms with Crippen LogP contribution in [0.25, 0.3) is 0 Å². The lowest BCUT2D eigenvalue weighted by atomic mass is 10.0. The average Bonchev–Trinajstić information content (AvgIpc) is 2.98. The standard InChI is InChI=1S/C24H20N2O3/c1-15-7-6-10-19(13-15)26-23(28)20-12-11-18(14-21(20)24(26)29)22(27)25-16(2)17-8-4-3-5-9-17/h3-14,16H,1-2H3,(H,25,27). The van der Waals surface area contributed by atoms with Gasteiger partial charge in [0.25, 0.3) is 17.7 Å². The van der Waals surface area contributed by atoms with Crippen LogP contribution in [-0.4, -0.2) is 17.7 Å². The van der Waals surface area contributed by atoms with E-state index in [1.807, 2.05) is 50.2 Å². The number of hydrogen-bond donors (Lipinski definition) is 1. The minimum Gasteiger partial charge on any atom is -0.346 e. The first-order valence-electron chi connectivity index (χ1n) is 9.41. The second kappa shape index (κ2) is 7.36. The zero-order valence-electron chi connectivity index (χ0n) is 16.2. The number of fused-ring (bicyclic) bond motifs is 1. The summed E-state index contributed by atoms with van der Waals surface area (Å²) in [6, 6.07) is 21.3. The Morgan fingerprint density at radius 1 is 0.862 bits per heavy atom. The first-order valence-corrected chi connectivity index (χ1v) is 9.41. The second-order valence-electron chi connectivity index (χ2n) is 7.15. The van der Waals surface area contributed by atoms with Crippen molar-refractivity contribution < 1.29 is 14.4 Å². The molecule has 29 heavy (non-hydrogen) atoms. The zero-order chi connectivity index (χ0) is 20.5. The Kier molecular flexibility index (Phi) is 4.72. The Morgan fingerprint density at radius 2 is 1.59 bits per heavy atom. The molecule has 0 radical (unpaired) electrons. The highest BCUT2D eigenvalue weighted by atomic mass is 16.2. The van der Waals surface area contributed by atoms with Crippen molar-refractivity contribution in [3.8, 4) is 0 Å². The van der Waals surface area contributed by atoms with E-state index < -0.39 is 5.91 Å². The molecule has 0 fully saturated rings. The van der Waals surface area contributed by atoms with Crippen LogP contribution in [0.1, 0.15) is 55.2 Å². The molecule has 5 nitrogen and oxygen atoms in total. The van der Waals surface area contributed by atoms with E-state index in [0.717, 1.165) is 16.0 Å². The van der Waals surface area contributed by atoms with Crippen molar-refractivity contribution in [3.05, 3.63) is 101 Å². The fourth-order valence-corrected chi connectivity index (χ4v) is 3.49. The van der Waals surface area contributed by atoms with Crippen LogP contribution in [-0.2, 0) is 0 Å². The smallest absolute Gasteiger partial charge is 0.266 e. The molecule has 1 aliphatic heterocycles. The van der Waals surface area contributed by atoms with Crippen LogP contribution in [0.15, 0.2) is 72.8 Å². The molecular weight excluding hydrogens is 364 g/mol. The van der Waals surface area contributed by atoms with Gasteiger partial charge in [0, 0.05) is 5.56 Å². The van der Waals surface area contributed by atoms with Crippen molar-refractivity contribution in [2.24, 2.45) is 0 Å². The summed E-state index contributed by atoms with van der Waals surface area (Å²) in [5, 5.41) is 2.93. The van der Waals surface area contributed by atoms with Gasteiger partial charge in [0.05, 0.1) is 22.9 Å². The molecule has 1 heterocycles. The van der Waals surface area contributed by atoms with Crippen LogP contribution < -0.4 is 10.2 Å². The molecule has 1 atom stereocenters. The first-order chi connectivity index (χ1) is 14.0. The molecule has 0 bridgehead atoms. The molecule has 5 heteroatoms. The molecular formula is C24H20N2O3. The van der Waals surface area contributed by atoms with E-state index in [0.29, 0.717) is 16.8 Å². The Bertz CT molecular complexity index is 1120. The van der Waals surface area contributed by atoms with Gasteiger partial charge in [0.15, 0.2) is 0 Å². The SMILES string of the molecule is Cc1cccc(N2C(=O)c3ccc(C(=O)NC(C)c4ccccc4)cc3C2=O)c1. The predicted molar refractivity (Wildman–Crippen MR) is 111 cm³/mol. The molecule has 1 N–H and O–H groups in total. The Morgan fingerprint density at radius 3 is 2.31 bits per heavy atom. The van der Waals surface area contributed by atoms with Crippen molar-refractivity contribution in [2.45, 2.75) is 19.9 Å². The first kappa shape index (κ1) is 18.6. The van der Waals surface area contributed by atoms with Gasteiger partial charge in [-0.25, -0.2) is 4.90 Å². The zero-order valence-corrected chi connectivity index (χ0v) is 16.2. The molecule has 1 aliphatic rings. The van der Waals surface area contributed by atoms with Crippen molar-refractivity contribution in [2.75, 3.05) is 4.90 Å². The van der Waals surface area contributed by atoms with Crippen LogP contribution >= 0.6 is 0 Å². The van der Waals surface area contributed by atoms with E-state index in [4.69, 9.17) is 0 Å². The van der Waals surface area contributed by atoms with E-state index in [1.165, 1.54) is 6.07 Å². The van der Waals surface area contributed by atoms with E-state index in [1.54, 1.807) is 30.3 Å². The number of benzene rings is 3. The number of anilines is 1. The highest BCUT2D eigenvalue weighted by Gasteiger charge is 2.37. The second-order valence-corrected chi connectivity index (χ2v) is 7.15. The quantitative estimate of drug-likeness (QED) is 0.683. The number of rotatable bonds is 4. The normalized spacial score (nSPS) is 13.9. The molecule has 3 amide bonds. The largest absolute Gasteiger partial charge is 0.346 e. The lowest BCUT2D eigenvalue weighted by Gasteiger charge is -2.14. The molecule has 0 aliphatic carbocycles. The molecule has 0 saturated carbocycles. The van der Waals surface area contributed by atoms with Crippen LogP contribution in [0, 0.1) is 6.92 Å². The lowest BCUT2D eigenvalue weighted by molar-refractivity contribution is 0.0922. The van der Waals surface area contributed by atoms with Gasteiger partial charge in [-0.05, 0) is 55.3 Å². The fraction of sp³-hybridized carbons (Fsp3) is 0.125. The van der Waals surface area contributed by atoms with Crippen LogP contribution in [0.2, 0.25) is 0 Å². The fourth-order valence-electron chi connectivity index (χ4n) is 3.49. The topological polar surface area (TPSA) is 66.5 Å². The van der Waals surface area contributed by atoms with Gasteiger partial charge in [0.2, 0.25) is 0 Å². The van der Waals surface area contributed by atoms with Gasteiger partial charge < -0.3 is 5.32 Å². The summed E-state index contributed by atoms with van der Waals surface area (Å²) in [6.45, 7) is 3.80. The number of carbonyl (C=O) groups is 3. The highest BCUT2D eigenvalue weighted by Crippen LogP contribution is 2.29. The van der Waals surface area contributed by atoms with Gasteiger partial charge >= 0.3 is 0 Å². The Labute approximate surface area is 169 Å². The van der Waals surface area contributed by atoms with E-state index in [9.17, 15) is 14.4 Å². The number of aryl methyl sites for hydroxylation is 1. The average molecular weight is 384 g/mol. The van der Waals surface area contributed by atoms with Gasteiger partial charge in [-0.1, -0.05) is 42.5 Å². The Balaban J connectivity index is 1.60. The molecule has 0 saturated heterocycles. The summed E-state index contributed by atoms with van der Waals surface area (Å²) in [7, 11) is 0.